The van der Waals surface area contributed by atoms with Crippen LogP contribution < -0.4 is 4.81 Å². The molecule has 0 unspecified atom stereocenters. The minimum atomic E-state index is 0.957. The summed E-state index contributed by atoms with van der Waals surface area (Å²) in [6.45, 7) is 5.23. The van der Waals surface area contributed by atoms with Gasteiger partial charge in [-0.15, -0.1) is 0 Å². The van der Waals surface area contributed by atoms with Gasteiger partial charge < -0.3 is 4.81 Å². The van der Waals surface area contributed by atoms with Gasteiger partial charge in [0.25, 0.3) is 0 Å². The Labute approximate surface area is 74.8 Å². The zero-order chi connectivity index (χ0) is 8.72. The third-order valence-electron chi connectivity index (χ3n) is 2.63. The maximum atomic E-state index is 5.80. The highest BCUT2D eigenvalue weighted by Gasteiger charge is 2.15. The molecule has 0 aromatic heterocycles. The molecule has 0 spiro atoms. The zero-order valence-electron chi connectivity index (χ0n) is 7.59. The molecule has 1 aromatic rings. The summed E-state index contributed by atoms with van der Waals surface area (Å²) in [5.74, 6) is 0. The minimum absolute atomic E-state index is 0.957. The van der Waals surface area contributed by atoms with Crippen LogP contribution in [0.1, 0.15) is 16.7 Å². The van der Waals surface area contributed by atoms with Crippen molar-refractivity contribution in [2.45, 2.75) is 20.3 Å². The van der Waals surface area contributed by atoms with E-state index in [4.69, 9.17) is 7.98 Å². The lowest BCUT2D eigenvalue weighted by atomic mass is 10.0. The first-order chi connectivity index (χ1) is 5.68. The molecule has 0 saturated carbocycles. The highest BCUT2D eigenvalue weighted by Crippen LogP contribution is 2.28. The highest BCUT2D eigenvalue weighted by atomic mass is 15.1. The standard InChI is InChI=1S/C10H12BN/c1-7-5-9-3-4-12(11)10(9)6-8(7)2/h5-6H,3-4H2,1-2H3. The molecule has 2 radical (unpaired) electrons. The lowest BCUT2D eigenvalue weighted by Crippen LogP contribution is -2.14. The molecule has 12 heavy (non-hydrogen) atoms. The van der Waals surface area contributed by atoms with Crippen molar-refractivity contribution in [2.24, 2.45) is 0 Å². The lowest BCUT2D eigenvalue weighted by molar-refractivity contribution is 1.05. The molecule has 0 amide bonds. The summed E-state index contributed by atoms with van der Waals surface area (Å²) in [6, 6.07) is 4.43. The van der Waals surface area contributed by atoms with E-state index in [9.17, 15) is 0 Å². The van der Waals surface area contributed by atoms with Crippen molar-refractivity contribution in [3.8, 4) is 0 Å². The van der Waals surface area contributed by atoms with E-state index in [-0.39, 0.29) is 0 Å². The Bertz CT molecular complexity index is 320. The second-order valence-electron chi connectivity index (χ2n) is 3.51. The van der Waals surface area contributed by atoms with E-state index in [1.54, 1.807) is 0 Å². The number of hydrogen-bond acceptors (Lipinski definition) is 1. The summed E-state index contributed by atoms with van der Waals surface area (Å²) >= 11 is 0. The largest absolute Gasteiger partial charge is 0.424 e. The van der Waals surface area contributed by atoms with Crippen molar-refractivity contribution in [3.05, 3.63) is 28.8 Å². The van der Waals surface area contributed by atoms with Gasteiger partial charge in [0.15, 0.2) is 0 Å². The van der Waals surface area contributed by atoms with Gasteiger partial charge in [0.05, 0.1) is 0 Å². The van der Waals surface area contributed by atoms with Crippen molar-refractivity contribution in [1.29, 1.82) is 0 Å². The first-order valence-corrected chi connectivity index (χ1v) is 4.31. The normalized spacial score (nSPS) is 15.0. The number of anilines is 1. The Kier molecular flexibility index (Phi) is 1.64. The molecule has 0 fully saturated rings. The molecule has 2 rings (SSSR count). The fourth-order valence-corrected chi connectivity index (χ4v) is 1.69. The molecule has 0 N–H and O–H groups in total. The molecule has 1 nitrogen and oxygen atoms in total. The molecule has 1 heterocycles. The van der Waals surface area contributed by atoms with E-state index in [0.717, 1.165) is 13.0 Å². The van der Waals surface area contributed by atoms with Crippen LogP contribution >= 0.6 is 0 Å². The predicted molar refractivity (Wildman–Crippen MR) is 52.7 cm³/mol. The maximum Gasteiger partial charge on any atom is 0.226 e. The van der Waals surface area contributed by atoms with Gasteiger partial charge in [0, 0.05) is 12.2 Å². The van der Waals surface area contributed by atoms with E-state index in [2.05, 4.69) is 26.0 Å². The second-order valence-corrected chi connectivity index (χ2v) is 3.51. The Hall–Kier alpha value is -0.915. The van der Waals surface area contributed by atoms with Crippen LogP contribution in [0.5, 0.6) is 0 Å². The van der Waals surface area contributed by atoms with Crippen LogP contribution in [0.2, 0.25) is 0 Å². The molecule has 0 aliphatic carbocycles. The Morgan fingerprint density at radius 1 is 1.25 bits per heavy atom. The maximum absolute atomic E-state index is 5.80. The third kappa shape index (κ3) is 1.02. The highest BCUT2D eigenvalue weighted by molar-refractivity contribution is 6.18. The van der Waals surface area contributed by atoms with Crippen LogP contribution in [-0.2, 0) is 6.42 Å². The molecular weight excluding hydrogens is 145 g/mol. The van der Waals surface area contributed by atoms with Crippen LogP contribution in [0.25, 0.3) is 0 Å². The molecule has 60 valence electrons. The van der Waals surface area contributed by atoms with Crippen molar-refractivity contribution in [1.82, 2.24) is 0 Å². The van der Waals surface area contributed by atoms with Crippen molar-refractivity contribution >= 4 is 13.7 Å². The van der Waals surface area contributed by atoms with E-state index in [0.29, 0.717) is 0 Å². The molecule has 0 saturated heterocycles. The fraction of sp³-hybridized carbons (Fsp3) is 0.400. The number of benzene rings is 1. The van der Waals surface area contributed by atoms with Crippen LogP contribution in [0.15, 0.2) is 12.1 Å². The van der Waals surface area contributed by atoms with E-state index >= 15 is 0 Å². The zero-order valence-corrected chi connectivity index (χ0v) is 7.59. The monoisotopic (exact) mass is 157 g/mol. The quantitative estimate of drug-likeness (QED) is 0.518. The van der Waals surface area contributed by atoms with Crippen LogP contribution in [0.3, 0.4) is 0 Å². The molecule has 2 heteroatoms. The van der Waals surface area contributed by atoms with Crippen molar-refractivity contribution in [3.63, 3.8) is 0 Å². The van der Waals surface area contributed by atoms with Gasteiger partial charge in [0.2, 0.25) is 7.98 Å². The minimum Gasteiger partial charge on any atom is -0.424 e. The summed E-state index contributed by atoms with van der Waals surface area (Å²) in [5, 5.41) is 0. The van der Waals surface area contributed by atoms with Gasteiger partial charge in [-0.25, -0.2) is 0 Å². The topological polar surface area (TPSA) is 3.24 Å². The van der Waals surface area contributed by atoms with Crippen LogP contribution in [0.4, 0.5) is 5.69 Å². The Morgan fingerprint density at radius 2 is 1.92 bits per heavy atom. The lowest BCUT2D eigenvalue weighted by Gasteiger charge is -2.13. The van der Waals surface area contributed by atoms with E-state index in [1.807, 2.05) is 4.81 Å². The number of aryl methyl sites for hydroxylation is 2. The first kappa shape index (κ1) is 7.72. The number of hydrogen-bond donors (Lipinski definition) is 0. The summed E-state index contributed by atoms with van der Waals surface area (Å²) in [5.41, 5.74) is 5.29. The van der Waals surface area contributed by atoms with Gasteiger partial charge in [-0.05, 0) is 43.0 Å². The second kappa shape index (κ2) is 2.54. The average Bonchev–Trinajstić information content (AvgIpc) is 2.35. The SMILES string of the molecule is [B]N1CCc2cc(C)c(C)cc21. The van der Waals surface area contributed by atoms with E-state index < -0.39 is 0 Å². The molecular formula is C10H12BN. The van der Waals surface area contributed by atoms with Gasteiger partial charge in [0.1, 0.15) is 0 Å². The summed E-state index contributed by atoms with van der Waals surface area (Å²) < 4.78 is 0. The molecule has 0 bridgehead atoms. The summed E-state index contributed by atoms with van der Waals surface area (Å²) in [7, 11) is 5.80. The molecule has 1 aliphatic rings. The Morgan fingerprint density at radius 3 is 2.67 bits per heavy atom. The summed E-state index contributed by atoms with van der Waals surface area (Å²) in [6.07, 6.45) is 1.09. The fourth-order valence-electron chi connectivity index (χ4n) is 1.69. The average molecular weight is 157 g/mol. The number of nitrogens with zero attached hydrogens (tertiary/aromatic N) is 1. The van der Waals surface area contributed by atoms with Crippen molar-refractivity contribution in [2.75, 3.05) is 11.4 Å². The molecule has 0 atom stereocenters. The van der Waals surface area contributed by atoms with Gasteiger partial charge in [-0.1, -0.05) is 6.07 Å². The summed E-state index contributed by atoms with van der Waals surface area (Å²) in [4.78, 5) is 1.84. The van der Waals surface area contributed by atoms with Crippen LogP contribution in [-0.4, -0.2) is 14.5 Å². The van der Waals surface area contributed by atoms with Gasteiger partial charge in [-0.2, -0.15) is 0 Å². The molecule has 1 aromatic carbocycles. The molecule has 1 aliphatic heterocycles. The number of rotatable bonds is 0. The van der Waals surface area contributed by atoms with Gasteiger partial charge in [-0.3, -0.25) is 0 Å². The van der Waals surface area contributed by atoms with Crippen molar-refractivity contribution < 1.29 is 0 Å². The smallest absolute Gasteiger partial charge is 0.226 e. The van der Waals surface area contributed by atoms with Crippen LogP contribution in [0, 0.1) is 13.8 Å². The first-order valence-electron chi connectivity index (χ1n) is 4.31. The third-order valence-corrected chi connectivity index (χ3v) is 2.63. The predicted octanol–water partition coefficient (Wildman–Crippen LogP) is 1.75. The van der Waals surface area contributed by atoms with E-state index in [1.165, 1.54) is 22.4 Å². The number of fused-ring (bicyclic) bond motifs is 1. The Balaban J connectivity index is 2.56. The van der Waals surface area contributed by atoms with Gasteiger partial charge >= 0.3 is 0 Å².